The fourth-order valence-corrected chi connectivity index (χ4v) is 3.28. The lowest BCUT2D eigenvalue weighted by Crippen LogP contribution is -2.38. The summed E-state index contributed by atoms with van der Waals surface area (Å²) in [6.45, 7) is 4.39. The molecule has 2 aromatic carbocycles. The molecule has 0 bridgehead atoms. The molecule has 0 spiro atoms. The van der Waals surface area contributed by atoms with E-state index >= 15 is 0 Å². The van der Waals surface area contributed by atoms with Gasteiger partial charge in [0.05, 0.1) is 6.54 Å². The van der Waals surface area contributed by atoms with E-state index in [0.717, 1.165) is 30.6 Å². The molecular weight excluding hydrogens is 383 g/mol. The fourth-order valence-electron chi connectivity index (χ4n) is 3.28. The van der Waals surface area contributed by atoms with Gasteiger partial charge in [-0.25, -0.2) is 9.38 Å². The van der Waals surface area contributed by atoms with Crippen LogP contribution in [-0.2, 0) is 22.5 Å². The highest BCUT2D eigenvalue weighted by Gasteiger charge is 2.23. The predicted octanol–water partition coefficient (Wildman–Crippen LogP) is 3.24. The Hall–Kier alpha value is -2.93. The van der Waals surface area contributed by atoms with Crippen LogP contribution in [0.25, 0.3) is 0 Å². The number of carbonyl (C=O) groups is 1. The van der Waals surface area contributed by atoms with Gasteiger partial charge in [-0.2, -0.15) is 0 Å². The summed E-state index contributed by atoms with van der Waals surface area (Å²) >= 11 is 0. The SMILES string of the molecule is CCNC(=NCc1cccc(NC(=O)C2CCCO2)c1)NCCc1ccccc1F. The van der Waals surface area contributed by atoms with E-state index in [-0.39, 0.29) is 17.8 Å². The molecule has 0 aromatic heterocycles. The van der Waals surface area contributed by atoms with E-state index in [1.807, 2.05) is 37.3 Å². The Bertz CT molecular complexity index is 866. The van der Waals surface area contributed by atoms with Crippen molar-refractivity contribution in [3.05, 3.63) is 65.5 Å². The number of halogens is 1. The van der Waals surface area contributed by atoms with E-state index in [1.165, 1.54) is 6.07 Å². The molecule has 0 saturated carbocycles. The summed E-state index contributed by atoms with van der Waals surface area (Å²) in [5.74, 6) is 0.377. The number of ether oxygens (including phenoxy) is 1. The number of nitrogens with zero attached hydrogens (tertiary/aromatic N) is 1. The first-order chi connectivity index (χ1) is 14.7. The fraction of sp³-hybridized carbons (Fsp3) is 0.391. The minimum Gasteiger partial charge on any atom is -0.368 e. The summed E-state index contributed by atoms with van der Waals surface area (Å²) in [5, 5.41) is 9.35. The average molecular weight is 413 g/mol. The van der Waals surface area contributed by atoms with Crippen LogP contribution in [0.2, 0.25) is 0 Å². The summed E-state index contributed by atoms with van der Waals surface area (Å²) in [7, 11) is 0. The van der Waals surface area contributed by atoms with Gasteiger partial charge in [-0.3, -0.25) is 4.79 Å². The van der Waals surface area contributed by atoms with Gasteiger partial charge in [0.1, 0.15) is 11.9 Å². The van der Waals surface area contributed by atoms with E-state index in [9.17, 15) is 9.18 Å². The Morgan fingerprint density at radius 3 is 2.83 bits per heavy atom. The molecule has 1 unspecified atom stereocenters. The third-order valence-electron chi connectivity index (χ3n) is 4.83. The van der Waals surface area contributed by atoms with Crippen molar-refractivity contribution < 1.29 is 13.9 Å². The molecule has 1 amide bonds. The van der Waals surface area contributed by atoms with Gasteiger partial charge >= 0.3 is 0 Å². The van der Waals surface area contributed by atoms with Crippen molar-refractivity contribution in [1.29, 1.82) is 0 Å². The third kappa shape index (κ3) is 6.56. The van der Waals surface area contributed by atoms with Crippen LogP contribution in [-0.4, -0.2) is 37.7 Å². The zero-order valence-electron chi connectivity index (χ0n) is 17.3. The highest BCUT2D eigenvalue weighted by Crippen LogP contribution is 2.16. The van der Waals surface area contributed by atoms with Crippen molar-refractivity contribution >= 4 is 17.6 Å². The van der Waals surface area contributed by atoms with E-state index < -0.39 is 0 Å². The van der Waals surface area contributed by atoms with Crippen LogP contribution < -0.4 is 16.0 Å². The number of hydrogen-bond donors (Lipinski definition) is 3. The molecule has 1 fully saturated rings. The summed E-state index contributed by atoms with van der Waals surface area (Å²) in [6, 6.07) is 14.4. The standard InChI is InChI=1S/C23H29FN4O2/c1-2-25-23(26-13-12-18-8-3-4-10-20(18)24)27-16-17-7-5-9-19(15-17)28-22(29)21-11-6-14-30-21/h3-5,7-10,15,21H,2,6,11-14,16H2,1H3,(H,28,29)(H2,25,26,27). The quantitative estimate of drug-likeness (QED) is 0.460. The first-order valence-electron chi connectivity index (χ1n) is 10.4. The van der Waals surface area contributed by atoms with Gasteiger partial charge in [0.25, 0.3) is 5.91 Å². The number of aliphatic imine (C=N–C) groups is 1. The van der Waals surface area contributed by atoms with Crippen LogP contribution in [0.1, 0.15) is 30.9 Å². The molecule has 3 rings (SSSR count). The molecule has 1 aliphatic heterocycles. The molecular formula is C23H29FN4O2. The summed E-state index contributed by atoms with van der Waals surface area (Å²) < 4.78 is 19.2. The third-order valence-corrected chi connectivity index (χ3v) is 4.83. The number of guanidine groups is 1. The average Bonchev–Trinajstić information content (AvgIpc) is 3.29. The summed E-state index contributed by atoms with van der Waals surface area (Å²) in [4.78, 5) is 16.8. The number of benzene rings is 2. The van der Waals surface area contributed by atoms with Crippen LogP contribution in [0.4, 0.5) is 10.1 Å². The van der Waals surface area contributed by atoms with Gasteiger partial charge in [0.2, 0.25) is 0 Å². The Balaban J connectivity index is 1.54. The maximum Gasteiger partial charge on any atom is 0.253 e. The van der Waals surface area contributed by atoms with Crippen molar-refractivity contribution in [3.63, 3.8) is 0 Å². The Morgan fingerprint density at radius 1 is 1.20 bits per heavy atom. The van der Waals surface area contributed by atoms with Crippen molar-refractivity contribution in [2.75, 3.05) is 25.0 Å². The molecule has 7 heteroatoms. The van der Waals surface area contributed by atoms with Crippen LogP contribution in [0, 0.1) is 5.82 Å². The maximum atomic E-state index is 13.7. The van der Waals surface area contributed by atoms with Crippen LogP contribution >= 0.6 is 0 Å². The van der Waals surface area contributed by atoms with E-state index in [2.05, 4.69) is 20.9 Å². The summed E-state index contributed by atoms with van der Waals surface area (Å²) in [6.07, 6.45) is 1.90. The maximum absolute atomic E-state index is 13.7. The molecule has 3 N–H and O–H groups in total. The minimum atomic E-state index is -0.356. The molecule has 1 heterocycles. The second-order valence-electron chi connectivity index (χ2n) is 7.15. The van der Waals surface area contributed by atoms with Crippen molar-refractivity contribution in [2.45, 2.75) is 38.8 Å². The predicted molar refractivity (Wildman–Crippen MR) is 117 cm³/mol. The molecule has 0 aliphatic carbocycles. The van der Waals surface area contributed by atoms with E-state index in [0.29, 0.717) is 37.6 Å². The van der Waals surface area contributed by atoms with Gasteiger partial charge < -0.3 is 20.7 Å². The van der Waals surface area contributed by atoms with Gasteiger partial charge in [0, 0.05) is 25.4 Å². The molecule has 30 heavy (non-hydrogen) atoms. The molecule has 6 nitrogen and oxygen atoms in total. The second-order valence-corrected chi connectivity index (χ2v) is 7.15. The molecule has 160 valence electrons. The summed E-state index contributed by atoms with van der Waals surface area (Å²) in [5.41, 5.74) is 2.39. The first-order valence-corrected chi connectivity index (χ1v) is 10.4. The molecule has 1 aliphatic rings. The normalized spacial score (nSPS) is 16.3. The zero-order chi connectivity index (χ0) is 21.2. The van der Waals surface area contributed by atoms with Crippen LogP contribution in [0.3, 0.4) is 0 Å². The lowest BCUT2D eigenvalue weighted by atomic mass is 10.1. The molecule has 1 atom stereocenters. The van der Waals surface area contributed by atoms with Gasteiger partial charge in [-0.1, -0.05) is 30.3 Å². The Kier molecular flexibility index (Phi) is 8.20. The zero-order valence-corrected chi connectivity index (χ0v) is 17.3. The Morgan fingerprint density at radius 2 is 2.07 bits per heavy atom. The van der Waals surface area contributed by atoms with Gasteiger partial charge in [-0.05, 0) is 55.5 Å². The molecule has 2 aromatic rings. The highest BCUT2D eigenvalue weighted by atomic mass is 19.1. The highest BCUT2D eigenvalue weighted by molar-refractivity contribution is 5.94. The monoisotopic (exact) mass is 412 g/mol. The smallest absolute Gasteiger partial charge is 0.253 e. The van der Waals surface area contributed by atoms with Crippen molar-refractivity contribution in [3.8, 4) is 0 Å². The number of nitrogens with one attached hydrogen (secondary N) is 3. The number of hydrogen-bond acceptors (Lipinski definition) is 3. The van der Waals surface area contributed by atoms with Crippen LogP contribution in [0.15, 0.2) is 53.5 Å². The minimum absolute atomic E-state index is 0.101. The lowest BCUT2D eigenvalue weighted by Gasteiger charge is -2.13. The second kappa shape index (κ2) is 11.3. The largest absolute Gasteiger partial charge is 0.368 e. The van der Waals surface area contributed by atoms with Crippen LogP contribution in [0.5, 0.6) is 0 Å². The number of carbonyl (C=O) groups excluding carboxylic acids is 1. The van der Waals surface area contributed by atoms with E-state index in [4.69, 9.17) is 4.74 Å². The lowest BCUT2D eigenvalue weighted by molar-refractivity contribution is -0.124. The molecule has 0 radical (unpaired) electrons. The van der Waals surface area contributed by atoms with Crippen molar-refractivity contribution in [2.24, 2.45) is 4.99 Å². The Labute approximate surface area is 176 Å². The number of amides is 1. The molecule has 1 saturated heterocycles. The van der Waals surface area contributed by atoms with Gasteiger partial charge in [-0.15, -0.1) is 0 Å². The van der Waals surface area contributed by atoms with Gasteiger partial charge in [0.15, 0.2) is 5.96 Å². The van der Waals surface area contributed by atoms with Crippen molar-refractivity contribution in [1.82, 2.24) is 10.6 Å². The number of anilines is 1. The van der Waals surface area contributed by atoms with E-state index in [1.54, 1.807) is 12.1 Å². The first kappa shape index (κ1) is 21.8. The topological polar surface area (TPSA) is 74.8 Å². The number of rotatable bonds is 8.